The molecule has 1 aliphatic heterocycles. The van der Waals surface area contributed by atoms with E-state index < -0.39 is 0 Å². The number of hydrogen-bond acceptors (Lipinski definition) is 3. The van der Waals surface area contributed by atoms with Crippen LogP contribution in [0.3, 0.4) is 0 Å². The minimum atomic E-state index is 0.525. The normalized spacial score (nSPS) is 18.0. The highest BCUT2D eigenvalue weighted by atomic mass is 15.2. The average molecular weight is 289 g/mol. The van der Waals surface area contributed by atoms with E-state index in [1.807, 2.05) is 0 Å². The van der Waals surface area contributed by atoms with Gasteiger partial charge in [-0.3, -0.25) is 0 Å². The summed E-state index contributed by atoms with van der Waals surface area (Å²) in [6, 6.07) is 2.20. The Morgan fingerprint density at radius 2 is 1.90 bits per heavy atom. The number of hydrogen-bond donors (Lipinski definition) is 1. The average Bonchev–Trinajstić information content (AvgIpc) is 2.46. The van der Waals surface area contributed by atoms with E-state index in [9.17, 15) is 0 Å². The molecule has 2 rings (SSSR count). The molecule has 0 spiro atoms. The van der Waals surface area contributed by atoms with Crippen molar-refractivity contribution < 1.29 is 0 Å². The predicted octanol–water partition coefficient (Wildman–Crippen LogP) is 3.82. The summed E-state index contributed by atoms with van der Waals surface area (Å²) in [7, 11) is 0. The maximum Gasteiger partial charge on any atom is 0.133 e. The highest BCUT2D eigenvalue weighted by molar-refractivity contribution is 5.52. The van der Waals surface area contributed by atoms with Crippen LogP contribution >= 0.6 is 0 Å². The van der Waals surface area contributed by atoms with Gasteiger partial charge in [-0.1, -0.05) is 27.2 Å². The quantitative estimate of drug-likeness (QED) is 0.893. The Kier molecular flexibility index (Phi) is 5.26. The van der Waals surface area contributed by atoms with Crippen molar-refractivity contribution in [1.29, 1.82) is 0 Å². The summed E-state index contributed by atoms with van der Waals surface area (Å²) in [5.41, 5.74) is 4.40. The molecule has 21 heavy (non-hydrogen) atoms. The van der Waals surface area contributed by atoms with Crippen molar-refractivity contribution in [3.05, 3.63) is 22.9 Å². The van der Waals surface area contributed by atoms with Crippen molar-refractivity contribution in [2.75, 3.05) is 24.5 Å². The fourth-order valence-electron chi connectivity index (χ4n) is 3.19. The first kappa shape index (κ1) is 16.3. The van der Waals surface area contributed by atoms with Gasteiger partial charge in [-0.25, -0.2) is 4.98 Å². The molecule has 0 amide bonds. The van der Waals surface area contributed by atoms with Gasteiger partial charge in [0.1, 0.15) is 5.82 Å². The molecule has 1 N–H and O–H groups in total. The molecule has 0 saturated carbocycles. The molecule has 2 heterocycles. The lowest BCUT2D eigenvalue weighted by atomic mass is 9.78. The van der Waals surface area contributed by atoms with Crippen LogP contribution in [0.25, 0.3) is 0 Å². The molecule has 1 fully saturated rings. The summed E-state index contributed by atoms with van der Waals surface area (Å²) >= 11 is 0. The van der Waals surface area contributed by atoms with Gasteiger partial charge in [-0.15, -0.1) is 0 Å². The first-order chi connectivity index (χ1) is 9.99. The number of pyridine rings is 1. The Morgan fingerprint density at radius 3 is 2.48 bits per heavy atom. The zero-order valence-corrected chi connectivity index (χ0v) is 14.4. The third-order valence-corrected chi connectivity index (χ3v) is 5.13. The van der Waals surface area contributed by atoms with Gasteiger partial charge in [-0.2, -0.15) is 0 Å². The van der Waals surface area contributed by atoms with Gasteiger partial charge in [0.15, 0.2) is 0 Å². The van der Waals surface area contributed by atoms with Crippen LogP contribution in [-0.2, 0) is 6.54 Å². The highest BCUT2D eigenvalue weighted by Crippen LogP contribution is 2.36. The van der Waals surface area contributed by atoms with Crippen molar-refractivity contribution in [2.24, 2.45) is 5.41 Å². The molecule has 1 aliphatic rings. The van der Waals surface area contributed by atoms with E-state index >= 15 is 0 Å². The predicted molar refractivity (Wildman–Crippen MR) is 90.9 cm³/mol. The van der Waals surface area contributed by atoms with Gasteiger partial charge < -0.3 is 10.2 Å². The lowest BCUT2D eigenvalue weighted by molar-refractivity contribution is 0.237. The second-order valence-corrected chi connectivity index (χ2v) is 6.81. The van der Waals surface area contributed by atoms with Crippen molar-refractivity contribution in [3.63, 3.8) is 0 Å². The van der Waals surface area contributed by atoms with Crippen LogP contribution in [0.1, 0.15) is 56.9 Å². The van der Waals surface area contributed by atoms with Crippen LogP contribution < -0.4 is 10.2 Å². The molecule has 1 aromatic heterocycles. The largest absolute Gasteiger partial charge is 0.356 e. The minimum absolute atomic E-state index is 0.525. The maximum atomic E-state index is 4.87. The lowest BCUT2D eigenvalue weighted by Crippen LogP contribution is -2.39. The summed E-state index contributed by atoms with van der Waals surface area (Å²) < 4.78 is 0. The number of rotatable bonds is 5. The van der Waals surface area contributed by atoms with Gasteiger partial charge in [0.25, 0.3) is 0 Å². The van der Waals surface area contributed by atoms with E-state index in [2.05, 4.69) is 50.9 Å². The zero-order chi connectivity index (χ0) is 15.5. The van der Waals surface area contributed by atoms with Crippen molar-refractivity contribution in [3.8, 4) is 0 Å². The van der Waals surface area contributed by atoms with Gasteiger partial charge in [-0.05, 0) is 50.3 Å². The molecule has 1 aromatic rings. The monoisotopic (exact) mass is 289 g/mol. The van der Waals surface area contributed by atoms with E-state index in [1.54, 1.807) is 0 Å². The van der Waals surface area contributed by atoms with Crippen LogP contribution in [0.5, 0.6) is 0 Å². The van der Waals surface area contributed by atoms with E-state index in [-0.39, 0.29) is 0 Å². The number of piperidine rings is 1. The molecule has 0 atom stereocenters. The van der Waals surface area contributed by atoms with Gasteiger partial charge in [0, 0.05) is 30.9 Å². The summed E-state index contributed by atoms with van der Waals surface area (Å²) in [5.74, 6) is 1.21. The minimum Gasteiger partial charge on any atom is -0.356 e. The summed E-state index contributed by atoms with van der Waals surface area (Å²) in [5, 5.41) is 3.47. The molecule has 0 aromatic carbocycles. The van der Waals surface area contributed by atoms with E-state index in [4.69, 9.17) is 4.98 Å². The summed E-state index contributed by atoms with van der Waals surface area (Å²) in [6.45, 7) is 15.4. The van der Waals surface area contributed by atoms with Gasteiger partial charge in [0.05, 0.1) is 0 Å². The first-order valence-corrected chi connectivity index (χ1v) is 8.42. The second-order valence-electron chi connectivity index (χ2n) is 6.81. The Morgan fingerprint density at radius 1 is 1.24 bits per heavy atom. The van der Waals surface area contributed by atoms with E-state index in [0.29, 0.717) is 5.41 Å². The molecule has 118 valence electrons. The smallest absolute Gasteiger partial charge is 0.133 e. The number of anilines is 1. The molecular weight excluding hydrogens is 258 g/mol. The fraction of sp³-hybridized carbons (Fsp3) is 0.722. The number of aryl methyl sites for hydroxylation is 2. The van der Waals surface area contributed by atoms with Crippen LogP contribution in [0.15, 0.2) is 6.07 Å². The number of nitrogens with zero attached hydrogens (tertiary/aromatic N) is 2. The first-order valence-electron chi connectivity index (χ1n) is 8.42. The molecule has 0 aliphatic carbocycles. The molecule has 1 saturated heterocycles. The SMILES string of the molecule is CCNCc1c(C)cc(C)nc1N1CCC(C)(CC)CC1. The summed E-state index contributed by atoms with van der Waals surface area (Å²) in [4.78, 5) is 7.37. The third kappa shape index (κ3) is 3.76. The molecule has 3 heteroatoms. The fourth-order valence-corrected chi connectivity index (χ4v) is 3.19. The van der Waals surface area contributed by atoms with Crippen LogP contribution in [0.2, 0.25) is 0 Å². The van der Waals surface area contributed by atoms with E-state index in [1.165, 1.54) is 36.2 Å². The Hall–Kier alpha value is -1.09. The van der Waals surface area contributed by atoms with Gasteiger partial charge >= 0.3 is 0 Å². The molecule has 3 nitrogen and oxygen atoms in total. The highest BCUT2D eigenvalue weighted by Gasteiger charge is 2.29. The Balaban J connectivity index is 2.22. The Labute approximate surface area is 130 Å². The zero-order valence-electron chi connectivity index (χ0n) is 14.4. The Bertz CT molecular complexity index is 474. The third-order valence-electron chi connectivity index (χ3n) is 5.13. The second kappa shape index (κ2) is 6.78. The van der Waals surface area contributed by atoms with Crippen LogP contribution in [0, 0.1) is 19.3 Å². The summed E-state index contributed by atoms with van der Waals surface area (Å²) in [6.07, 6.45) is 3.84. The topological polar surface area (TPSA) is 28.2 Å². The standard InChI is InChI=1S/C18H31N3/c1-6-18(5)8-10-21(11-9-18)17-16(13-19-7-2)14(3)12-15(4)20-17/h12,19H,6-11,13H2,1-5H3. The van der Waals surface area contributed by atoms with Crippen LogP contribution in [-0.4, -0.2) is 24.6 Å². The van der Waals surface area contributed by atoms with E-state index in [0.717, 1.165) is 31.9 Å². The number of aromatic nitrogens is 1. The number of nitrogens with one attached hydrogen (secondary N) is 1. The van der Waals surface area contributed by atoms with Crippen LogP contribution in [0.4, 0.5) is 5.82 Å². The van der Waals surface area contributed by atoms with Gasteiger partial charge in [0.2, 0.25) is 0 Å². The van der Waals surface area contributed by atoms with Crippen molar-refractivity contribution in [2.45, 2.75) is 60.4 Å². The van der Waals surface area contributed by atoms with Crippen molar-refractivity contribution >= 4 is 5.82 Å². The molecule has 0 bridgehead atoms. The molecular formula is C18H31N3. The van der Waals surface area contributed by atoms with Crippen molar-refractivity contribution in [1.82, 2.24) is 10.3 Å². The molecule has 0 unspecified atom stereocenters. The lowest BCUT2D eigenvalue weighted by Gasteiger charge is -2.40. The molecule has 0 radical (unpaired) electrons. The maximum absolute atomic E-state index is 4.87.